The second kappa shape index (κ2) is 4.04. The molecule has 66 valence electrons. The predicted octanol–water partition coefficient (Wildman–Crippen LogP) is 0.323. The Hall–Kier alpha value is -0.120. The van der Waals surface area contributed by atoms with Gasteiger partial charge in [0.1, 0.15) is 0 Å². The third kappa shape index (κ3) is 2.43. The topological polar surface area (TPSA) is 41.3 Å². The van der Waals surface area contributed by atoms with E-state index in [0.29, 0.717) is 6.04 Å². The lowest BCUT2D eigenvalue weighted by Crippen LogP contribution is -2.42. The average molecular weight is 157 g/mol. The van der Waals surface area contributed by atoms with Gasteiger partial charge in [-0.05, 0) is 39.8 Å². The van der Waals surface area contributed by atoms with Crippen molar-refractivity contribution in [1.82, 2.24) is 10.3 Å². The molecule has 3 nitrogen and oxygen atoms in total. The predicted molar refractivity (Wildman–Crippen MR) is 47.1 cm³/mol. The second-order valence-corrected chi connectivity index (χ2v) is 3.64. The van der Waals surface area contributed by atoms with E-state index in [2.05, 4.69) is 24.4 Å². The SMILES string of the molecule is CN(C)C1CCC(NN)CC1. The normalized spacial score (nSPS) is 32.7. The monoisotopic (exact) mass is 157 g/mol. The molecule has 0 aromatic heterocycles. The van der Waals surface area contributed by atoms with Crippen LogP contribution in [0.5, 0.6) is 0 Å². The molecule has 1 saturated carbocycles. The minimum atomic E-state index is 0.561. The standard InChI is InChI=1S/C8H19N3/c1-11(2)8-5-3-7(10-9)4-6-8/h7-8,10H,3-6,9H2,1-2H3. The summed E-state index contributed by atoms with van der Waals surface area (Å²) in [5.74, 6) is 5.36. The molecule has 0 unspecified atom stereocenters. The van der Waals surface area contributed by atoms with E-state index >= 15 is 0 Å². The van der Waals surface area contributed by atoms with Crippen LogP contribution >= 0.6 is 0 Å². The van der Waals surface area contributed by atoms with Crippen LogP contribution < -0.4 is 11.3 Å². The van der Waals surface area contributed by atoms with Crippen LogP contribution in [0.3, 0.4) is 0 Å². The Balaban J connectivity index is 2.24. The van der Waals surface area contributed by atoms with Crippen LogP contribution in [0.25, 0.3) is 0 Å². The van der Waals surface area contributed by atoms with E-state index in [-0.39, 0.29) is 0 Å². The fourth-order valence-corrected chi connectivity index (χ4v) is 1.76. The van der Waals surface area contributed by atoms with Gasteiger partial charge in [-0.1, -0.05) is 0 Å². The summed E-state index contributed by atoms with van der Waals surface area (Å²) in [5.41, 5.74) is 2.84. The fraction of sp³-hybridized carbons (Fsp3) is 1.00. The zero-order valence-corrected chi connectivity index (χ0v) is 7.51. The van der Waals surface area contributed by atoms with E-state index in [1.807, 2.05) is 0 Å². The summed E-state index contributed by atoms with van der Waals surface area (Å²) in [6, 6.07) is 1.34. The number of nitrogens with two attached hydrogens (primary N) is 1. The van der Waals surface area contributed by atoms with E-state index in [0.717, 1.165) is 6.04 Å². The van der Waals surface area contributed by atoms with Gasteiger partial charge in [-0.3, -0.25) is 11.3 Å². The first-order valence-corrected chi connectivity index (χ1v) is 4.36. The van der Waals surface area contributed by atoms with Crippen LogP contribution in [0, 0.1) is 0 Å². The quantitative estimate of drug-likeness (QED) is 0.448. The summed E-state index contributed by atoms with van der Waals surface area (Å²) in [7, 11) is 4.31. The van der Waals surface area contributed by atoms with Crippen molar-refractivity contribution in [3.63, 3.8) is 0 Å². The molecular formula is C8H19N3. The maximum absolute atomic E-state index is 5.36. The van der Waals surface area contributed by atoms with Crippen LogP contribution in [0.2, 0.25) is 0 Å². The molecule has 0 bridgehead atoms. The first kappa shape index (κ1) is 8.97. The van der Waals surface area contributed by atoms with Gasteiger partial charge in [-0.25, -0.2) is 0 Å². The molecule has 1 aliphatic carbocycles. The highest BCUT2D eigenvalue weighted by Gasteiger charge is 2.20. The molecule has 0 radical (unpaired) electrons. The van der Waals surface area contributed by atoms with Crippen molar-refractivity contribution in [3.05, 3.63) is 0 Å². The Morgan fingerprint density at radius 1 is 1.18 bits per heavy atom. The summed E-state index contributed by atoms with van der Waals surface area (Å²) in [6.07, 6.45) is 5.00. The zero-order valence-electron chi connectivity index (χ0n) is 7.51. The van der Waals surface area contributed by atoms with Gasteiger partial charge < -0.3 is 4.90 Å². The highest BCUT2D eigenvalue weighted by Crippen LogP contribution is 2.20. The smallest absolute Gasteiger partial charge is 0.0211 e. The average Bonchev–Trinajstić information content (AvgIpc) is 2.05. The van der Waals surface area contributed by atoms with E-state index in [4.69, 9.17) is 5.84 Å². The molecule has 1 rings (SSSR count). The van der Waals surface area contributed by atoms with Crippen molar-refractivity contribution >= 4 is 0 Å². The van der Waals surface area contributed by atoms with Crippen molar-refractivity contribution in [1.29, 1.82) is 0 Å². The molecule has 0 spiro atoms. The highest BCUT2D eigenvalue weighted by molar-refractivity contribution is 4.79. The van der Waals surface area contributed by atoms with Gasteiger partial charge in [0, 0.05) is 12.1 Å². The van der Waals surface area contributed by atoms with Gasteiger partial charge in [0.25, 0.3) is 0 Å². The van der Waals surface area contributed by atoms with Gasteiger partial charge in [0.05, 0.1) is 0 Å². The van der Waals surface area contributed by atoms with Gasteiger partial charge in [0.2, 0.25) is 0 Å². The molecule has 0 aromatic carbocycles. The first-order valence-electron chi connectivity index (χ1n) is 4.36. The number of hydrazine groups is 1. The van der Waals surface area contributed by atoms with Crippen LogP contribution in [0.15, 0.2) is 0 Å². The molecular weight excluding hydrogens is 138 g/mol. The first-order chi connectivity index (χ1) is 5.24. The third-order valence-electron chi connectivity index (χ3n) is 2.66. The molecule has 0 amide bonds. The summed E-state index contributed by atoms with van der Waals surface area (Å²) in [4.78, 5) is 2.31. The number of nitrogens with zero attached hydrogens (tertiary/aromatic N) is 1. The molecule has 1 fully saturated rings. The molecule has 0 aromatic rings. The van der Waals surface area contributed by atoms with Crippen molar-refractivity contribution in [2.45, 2.75) is 37.8 Å². The molecule has 11 heavy (non-hydrogen) atoms. The molecule has 1 aliphatic rings. The highest BCUT2D eigenvalue weighted by atomic mass is 15.2. The second-order valence-electron chi connectivity index (χ2n) is 3.64. The minimum absolute atomic E-state index is 0.561. The summed E-state index contributed by atoms with van der Waals surface area (Å²) in [5, 5.41) is 0. The molecule has 0 saturated heterocycles. The lowest BCUT2D eigenvalue weighted by molar-refractivity contribution is 0.205. The van der Waals surface area contributed by atoms with E-state index < -0.39 is 0 Å². The maximum atomic E-state index is 5.36. The van der Waals surface area contributed by atoms with Gasteiger partial charge >= 0.3 is 0 Å². The van der Waals surface area contributed by atoms with E-state index in [1.165, 1.54) is 25.7 Å². The molecule has 0 aliphatic heterocycles. The summed E-state index contributed by atoms with van der Waals surface area (Å²) in [6.45, 7) is 0. The summed E-state index contributed by atoms with van der Waals surface area (Å²) < 4.78 is 0. The zero-order chi connectivity index (χ0) is 8.27. The maximum Gasteiger partial charge on any atom is 0.0211 e. The number of rotatable bonds is 2. The lowest BCUT2D eigenvalue weighted by Gasteiger charge is -2.32. The van der Waals surface area contributed by atoms with Gasteiger partial charge in [-0.15, -0.1) is 0 Å². The Bertz CT molecular complexity index is 106. The Labute approximate surface area is 68.9 Å². The molecule has 3 heteroatoms. The fourth-order valence-electron chi connectivity index (χ4n) is 1.76. The van der Waals surface area contributed by atoms with Crippen LogP contribution in [-0.4, -0.2) is 31.1 Å². The molecule has 0 heterocycles. The summed E-state index contributed by atoms with van der Waals surface area (Å²) >= 11 is 0. The van der Waals surface area contributed by atoms with Crippen LogP contribution in [0.4, 0.5) is 0 Å². The van der Waals surface area contributed by atoms with Crippen molar-refractivity contribution in [2.24, 2.45) is 5.84 Å². The van der Waals surface area contributed by atoms with Crippen LogP contribution in [0.1, 0.15) is 25.7 Å². The van der Waals surface area contributed by atoms with Gasteiger partial charge in [0.15, 0.2) is 0 Å². The van der Waals surface area contributed by atoms with E-state index in [9.17, 15) is 0 Å². The Morgan fingerprint density at radius 3 is 2.09 bits per heavy atom. The number of hydrogen-bond donors (Lipinski definition) is 2. The third-order valence-corrected chi connectivity index (χ3v) is 2.66. The number of hydrogen-bond acceptors (Lipinski definition) is 3. The van der Waals surface area contributed by atoms with E-state index in [1.54, 1.807) is 0 Å². The van der Waals surface area contributed by atoms with Crippen molar-refractivity contribution in [2.75, 3.05) is 14.1 Å². The number of nitrogens with one attached hydrogen (secondary N) is 1. The molecule has 0 atom stereocenters. The Kier molecular flexibility index (Phi) is 3.30. The molecule has 3 N–H and O–H groups in total. The Morgan fingerprint density at radius 2 is 1.73 bits per heavy atom. The van der Waals surface area contributed by atoms with Crippen LogP contribution in [-0.2, 0) is 0 Å². The largest absolute Gasteiger partial charge is 0.306 e. The lowest BCUT2D eigenvalue weighted by atomic mass is 9.91. The minimum Gasteiger partial charge on any atom is -0.306 e. The van der Waals surface area contributed by atoms with Gasteiger partial charge in [-0.2, -0.15) is 0 Å². The van der Waals surface area contributed by atoms with Crippen molar-refractivity contribution < 1.29 is 0 Å². The van der Waals surface area contributed by atoms with Crippen molar-refractivity contribution in [3.8, 4) is 0 Å².